The minimum atomic E-state index is 0.266. The molecule has 120 heavy (non-hydrogen) atoms. The topological polar surface area (TPSA) is 222 Å². The summed E-state index contributed by atoms with van der Waals surface area (Å²) < 4.78 is 136. The molecule has 7 aromatic carbocycles. The Bertz CT molecular complexity index is 3350. The van der Waals surface area contributed by atoms with Crippen molar-refractivity contribution in [2.75, 3.05) is 281 Å². The van der Waals surface area contributed by atoms with Crippen LogP contribution in [0.3, 0.4) is 0 Å². The highest BCUT2D eigenvalue weighted by Gasteiger charge is 2.06. The van der Waals surface area contributed by atoms with E-state index in [0.29, 0.717) is 302 Å². The van der Waals surface area contributed by atoms with Crippen LogP contribution in [0, 0.1) is 72.8 Å². The van der Waals surface area contributed by atoms with Gasteiger partial charge in [0.1, 0.15) is 0 Å². The highest BCUT2D eigenvalue weighted by atomic mass is 16.6. The molecule has 0 aliphatic rings. The van der Waals surface area contributed by atoms with Crippen LogP contribution in [-0.2, 0) is 153 Å². The minimum absolute atomic E-state index is 0.266. The molecule has 648 valence electrons. The van der Waals surface area contributed by atoms with E-state index in [4.69, 9.17) is 114 Å². The van der Waals surface area contributed by atoms with Crippen molar-refractivity contribution in [3.63, 3.8) is 0 Å². The molecule has 0 radical (unpaired) electrons. The van der Waals surface area contributed by atoms with Crippen molar-refractivity contribution in [1.82, 2.24) is 0 Å². The van der Waals surface area contributed by atoms with Gasteiger partial charge in [-0.1, -0.05) is 72.8 Å². The monoisotopic (exact) mass is 1660 g/mol. The van der Waals surface area contributed by atoms with Crippen molar-refractivity contribution in [2.45, 2.75) is 39.6 Å². The second-order valence-corrected chi connectivity index (χ2v) is 26.6. The molecule has 0 heterocycles. The number of rotatable bonds is 66. The summed E-state index contributed by atoms with van der Waals surface area (Å²) >= 11 is 0. The van der Waals surface area contributed by atoms with Gasteiger partial charge < -0.3 is 114 Å². The lowest BCUT2D eigenvalue weighted by Crippen LogP contribution is -2.11. The van der Waals surface area contributed by atoms with Gasteiger partial charge >= 0.3 is 0 Å². The van der Waals surface area contributed by atoms with Crippen molar-refractivity contribution in [2.24, 2.45) is 0 Å². The van der Waals surface area contributed by atoms with Gasteiger partial charge in [0.05, 0.1) is 277 Å². The minimum Gasteiger partial charge on any atom is -0.382 e. The summed E-state index contributed by atoms with van der Waals surface area (Å²) in [6, 6.07) is 77.8. The van der Waals surface area contributed by atoms with Gasteiger partial charge in [-0.25, -0.2) is 0 Å². The molecule has 0 aromatic heterocycles. The molecule has 0 saturated carbocycles. The zero-order valence-electron chi connectivity index (χ0n) is 70.9. The third-order valence-corrected chi connectivity index (χ3v) is 16.7. The summed E-state index contributed by atoms with van der Waals surface area (Å²) in [7, 11) is 9.85. The van der Waals surface area contributed by atoms with Gasteiger partial charge in [-0.05, 0) is 143 Å². The average molecular weight is 1660 g/mol. The summed E-state index contributed by atoms with van der Waals surface area (Å²) in [6.07, 6.45) is 0. The molecule has 24 nitrogen and oxygen atoms in total. The van der Waals surface area contributed by atoms with Gasteiger partial charge in [0.15, 0.2) is 0 Å². The first-order valence-electron chi connectivity index (χ1n) is 40.6. The molecule has 0 aliphatic heterocycles. The predicted molar refractivity (Wildman–Crippen MR) is 456 cm³/mol. The maximum Gasteiger partial charge on any atom is 0.0718 e. The van der Waals surface area contributed by atoms with Gasteiger partial charge in [0, 0.05) is 107 Å². The van der Waals surface area contributed by atoms with Crippen LogP contribution in [0.1, 0.15) is 33.4 Å². The summed E-state index contributed by atoms with van der Waals surface area (Å²) in [6.45, 7) is 17.2. The Labute approximate surface area is 710 Å². The lowest BCUT2D eigenvalue weighted by Gasteiger charge is -2.07. The zero-order chi connectivity index (χ0) is 84.3. The van der Waals surface area contributed by atoms with Crippen LogP contribution in [0.15, 0.2) is 109 Å². The van der Waals surface area contributed by atoms with E-state index in [0.717, 1.165) is 33.4 Å². The number of hydrogen-bond acceptors (Lipinski definition) is 24. The lowest BCUT2D eigenvalue weighted by molar-refractivity contribution is 0.000887. The summed E-state index contributed by atoms with van der Waals surface area (Å²) in [5, 5.41) is 8.55. The van der Waals surface area contributed by atoms with E-state index in [1.807, 2.05) is 109 Å². The highest BCUT2D eigenvalue weighted by molar-refractivity contribution is 5.73. The van der Waals surface area contributed by atoms with Crippen LogP contribution in [0.5, 0.6) is 0 Å². The molecule has 12 bridgehead atoms. The van der Waals surface area contributed by atoms with Gasteiger partial charge in [0.25, 0.3) is 0 Å². The number of fused-ring (bicyclic) bond motifs is 12. The SMILES string of the molecule is COCCOCCOCCOCc1cc2c#cc3cc(COCCOCCOCCOC)cc(c#cc4cc(COCCOCCOCCOC)cc(c#cc5cc(COCCOCCOCCOC)cc(c#cc6cc(COCCOCCOCCOC)cc(c#cc7cc(COCCOCCOCCOC)cc(c#cc(c1)c2)c7)c6)c5)c4)c3. The van der Waals surface area contributed by atoms with Crippen molar-refractivity contribution >= 4 is 64.6 Å². The standard InChI is InChI=1S/C96H120O24/c1-97-19-25-103-31-37-109-43-49-115-73-91-61-79-7-9-81-56-83(65-92(63-81)74-116-50-44-110-38-32-104-26-20-98-2)11-13-85-58-87(69-94(67-85)76-118-52-46-112-40-34-106-28-22-100-4)15-17-89-60-90(72-96(71-89)78-120-54-48-114-42-36-108-30-24-102-6)18-16-88-59-86(68-95(70-88)77-119-53-47-113-41-35-107-29-23-101-5)14-12-84-57-82(10-8-80(55-79)62-91)64-93(66-84)75-117-51-45-111-39-33-105-27-21-99-3/h55-72H,19-54,73-78H2,1-6H3. The van der Waals surface area contributed by atoms with E-state index in [1.54, 1.807) is 42.7 Å². The van der Waals surface area contributed by atoms with E-state index >= 15 is 0 Å². The van der Waals surface area contributed by atoms with Crippen molar-refractivity contribution in [3.8, 4) is 0 Å². The highest BCUT2D eigenvalue weighted by Crippen LogP contribution is 2.19. The second-order valence-electron chi connectivity index (χ2n) is 26.6. The van der Waals surface area contributed by atoms with E-state index in [1.165, 1.54) is 0 Å². The van der Waals surface area contributed by atoms with Crippen LogP contribution in [0.2, 0.25) is 0 Å². The van der Waals surface area contributed by atoms with E-state index in [9.17, 15) is 0 Å². The predicted octanol–water partition coefficient (Wildman–Crippen LogP) is 12.4. The lowest BCUT2D eigenvalue weighted by atomic mass is 10.1. The Kier molecular flexibility index (Phi) is 54.7. The molecular formula is C96H120O24. The van der Waals surface area contributed by atoms with Crippen molar-refractivity contribution in [1.29, 1.82) is 0 Å². The van der Waals surface area contributed by atoms with Crippen LogP contribution in [0.4, 0.5) is 0 Å². The van der Waals surface area contributed by atoms with Crippen molar-refractivity contribution < 1.29 is 114 Å². The molecular weight excluding hydrogens is 1540 g/mol. The Hall–Kier alpha value is -8.28. The molecule has 0 fully saturated rings. The van der Waals surface area contributed by atoms with Gasteiger partial charge in [-0.3, -0.25) is 0 Å². The number of methoxy groups -OCH3 is 6. The number of ether oxygens (including phenoxy) is 24. The van der Waals surface area contributed by atoms with E-state index in [2.05, 4.69) is 72.8 Å². The summed E-state index contributed by atoms with van der Waals surface area (Å²) in [5.41, 5.74) is 5.17. The van der Waals surface area contributed by atoms with Crippen LogP contribution < -0.4 is 0 Å². The fourth-order valence-corrected chi connectivity index (χ4v) is 11.0. The maximum absolute atomic E-state index is 6.23. The molecule has 0 saturated heterocycles. The van der Waals surface area contributed by atoms with E-state index < -0.39 is 0 Å². The number of hydrogen-bond donors (Lipinski definition) is 0. The van der Waals surface area contributed by atoms with Crippen LogP contribution in [0.25, 0.3) is 64.6 Å². The molecule has 0 amide bonds. The molecule has 0 atom stereocenters. The first-order valence-corrected chi connectivity index (χ1v) is 40.6. The Morgan fingerprint density at radius 1 is 0.125 bits per heavy atom. The average Bonchev–Trinajstić information content (AvgIpc) is 0.856. The molecule has 24 heteroatoms. The normalized spacial score (nSPS) is 11.1. The largest absolute Gasteiger partial charge is 0.382 e. The first-order chi connectivity index (χ1) is 59.3. The summed E-state index contributed by atoms with van der Waals surface area (Å²) in [4.78, 5) is 0. The maximum atomic E-state index is 6.23. The third-order valence-electron chi connectivity index (χ3n) is 16.7. The zero-order valence-corrected chi connectivity index (χ0v) is 70.9. The smallest absolute Gasteiger partial charge is 0.0718 e. The summed E-state index contributed by atoms with van der Waals surface area (Å²) in [5.74, 6) is 0. The molecule has 7 rings (SSSR count). The van der Waals surface area contributed by atoms with Gasteiger partial charge in [0.2, 0.25) is 0 Å². The Morgan fingerprint density at radius 2 is 0.217 bits per heavy atom. The Balaban J connectivity index is 1.40. The van der Waals surface area contributed by atoms with E-state index in [-0.39, 0.29) is 39.6 Å². The molecule has 0 unspecified atom stereocenters. The van der Waals surface area contributed by atoms with Gasteiger partial charge in [-0.2, -0.15) is 0 Å². The fraction of sp³-hybridized carbons (Fsp3) is 0.500. The quantitative estimate of drug-likeness (QED) is 0.0323. The molecule has 0 spiro atoms. The molecule has 7 aromatic rings. The van der Waals surface area contributed by atoms with Crippen LogP contribution in [-0.4, -0.2) is 281 Å². The second kappa shape index (κ2) is 66.4. The van der Waals surface area contributed by atoms with Crippen molar-refractivity contribution in [3.05, 3.63) is 215 Å². The fourth-order valence-electron chi connectivity index (χ4n) is 11.0. The molecule has 0 N–H and O–H groups in total. The first kappa shape index (κ1) is 98.8. The molecule has 0 aliphatic carbocycles. The van der Waals surface area contributed by atoms with Crippen LogP contribution >= 0.6 is 0 Å². The Morgan fingerprint density at radius 3 is 0.317 bits per heavy atom. The third kappa shape index (κ3) is 47.2. The van der Waals surface area contributed by atoms with Gasteiger partial charge in [-0.15, -0.1) is 0 Å². The number of benzene rings is 6.